The zero-order chi connectivity index (χ0) is 13.8. The van der Waals surface area contributed by atoms with Gasteiger partial charge in [-0.1, -0.05) is 6.07 Å². The lowest BCUT2D eigenvalue weighted by Crippen LogP contribution is -2.04. The molecule has 0 saturated carbocycles. The summed E-state index contributed by atoms with van der Waals surface area (Å²) in [5, 5.41) is 0. The van der Waals surface area contributed by atoms with Crippen LogP contribution in [-0.4, -0.2) is 11.6 Å². The summed E-state index contributed by atoms with van der Waals surface area (Å²) >= 11 is 0. The maximum absolute atomic E-state index is 13.2. The predicted molar refractivity (Wildman–Crippen MR) is 59.7 cm³/mol. The van der Waals surface area contributed by atoms with Crippen LogP contribution in [0.4, 0.5) is 17.6 Å². The van der Waals surface area contributed by atoms with Crippen molar-refractivity contribution in [1.29, 1.82) is 0 Å². The molecule has 19 heavy (non-hydrogen) atoms. The van der Waals surface area contributed by atoms with Crippen LogP contribution in [0.3, 0.4) is 0 Å². The van der Waals surface area contributed by atoms with E-state index in [0.717, 1.165) is 18.3 Å². The molecule has 0 fully saturated rings. The van der Waals surface area contributed by atoms with Crippen molar-refractivity contribution < 1.29 is 22.3 Å². The zero-order valence-corrected chi connectivity index (χ0v) is 9.49. The maximum atomic E-state index is 13.2. The van der Waals surface area contributed by atoms with Crippen LogP contribution in [0, 0.1) is 18.1 Å². The topological polar surface area (TPSA) is 22.1 Å². The van der Waals surface area contributed by atoms with E-state index in [0.29, 0.717) is 11.1 Å². The first-order valence-electron chi connectivity index (χ1n) is 5.24. The third-order valence-corrected chi connectivity index (χ3v) is 2.23. The van der Waals surface area contributed by atoms with Crippen molar-refractivity contribution >= 4 is 0 Å². The largest absolute Gasteiger partial charge is 0.432 e. The zero-order valence-electron chi connectivity index (χ0n) is 9.49. The molecule has 1 aromatic carbocycles. The first kappa shape index (κ1) is 13.3. The summed E-state index contributed by atoms with van der Waals surface area (Å²) in [6.07, 6.45) is 3.89. The fourth-order valence-corrected chi connectivity index (χ4v) is 1.50. The molecule has 0 unspecified atom stereocenters. The molecule has 1 radical (unpaired) electrons. The minimum atomic E-state index is -3.11. The lowest BCUT2D eigenvalue weighted by molar-refractivity contribution is -0.0522. The molecule has 0 N–H and O–H groups in total. The van der Waals surface area contributed by atoms with Crippen molar-refractivity contribution in [3.63, 3.8) is 0 Å². The molecule has 0 aliphatic rings. The number of aromatic nitrogens is 1. The van der Waals surface area contributed by atoms with E-state index in [9.17, 15) is 17.6 Å². The molecule has 1 heterocycles. The van der Waals surface area contributed by atoms with Crippen molar-refractivity contribution in [2.24, 2.45) is 0 Å². The number of nitrogens with zero attached hydrogens (tertiary/aromatic N) is 1. The number of pyridine rings is 1. The minimum absolute atomic E-state index is 0.393. The molecule has 2 rings (SSSR count). The molecule has 2 aromatic rings. The Morgan fingerprint density at radius 3 is 2.53 bits per heavy atom. The average Bonchev–Trinajstić information content (AvgIpc) is 2.33. The van der Waals surface area contributed by atoms with Gasteiger partial charge in [0.25, 0.3) is 0 Å². The average molecular weight is 270 g/mol. The van der Waals surface area contributed by atoms with Gasteiger partial charge in [0.1, 0.15) is 5.82 Å². The van der Waals surface area contributed by atoms with Gasteiger partial charge in [-0.3, -0.25) is 4.98 Å². The number of rotatable bonds is 4. The molecule has 0 spiro atoms. The summed E-state index contributed by atoms with van der Waals surface area (Å²) in [4.78, 5) is 3.64. The molecular formula is C13H8F4NO. The van der Waals surface area contributed by atoms with Crippen LogP contribution in [0.25, 0.3) is 0 Å². The Kier molecular flexibility index (Phi) is 3.99. The van der Waals surface area contributed by atoms with E-state index in [1.165, 1.54) is 24.8 Å². The van der Waals surface area contributed by atoms with E-state index in [4.69, 9.17) is 0 Å². The predicted octanol–water partition coefficient (Wildman–Crippen LogP) is 3.56. The van der Waals surface area contributed by atoms with Crippen LogP contribution in [0.2, 0.25) is 0 Å². The summed E-state index contributed by atoms with van der Waals surface area (Å²) in [6.45, 7) is -3.11. The van der Waals surface area contributed by atoms with Crippen molar-refractivity contribution in [1.82, 2.24) is 4.98 Å². The van der Waals surface area contributed by atoms with Crippen molar-refractivity contribution in [3.8, 4) is 5.75 Å². The van der Waals surface area contributed by atoms with Gasteiger partial charge in [0.05, 0.1) is 6.20 Å². The number of hydrogen-bond acceptors (Lipinski definition) is 2. The second-order valence-electron chi connectivity index (χ2n) is 3.65. The molecular weight excluding hydrogens is 262 g/mol. The second kappa shape index (κ2) is 5.69. The van der Waals surface area contributed by atoms with Gasteiger partial charge < -0.3 is 4.74 Å². The minimum Gasteiger partial charge on any atom is -0.432 e. The summed E-state index contributed by atoms with van der Waals surface area (Å²) in [7, 11) is 0. The first-order chi connectivity index (χ1) is 9.04. The van der Waals surface area contributed by atoms with Crippen molar-refractivity contribution in [3.05, 3.63) is 65.8 Å². The molecule has 6 heteroatoms. The highest BCUT2D eigenvalue weighted by Gasteiger charge is 2.11. The quantitative estimate of drug-likeness (QED) is 0.792. The molecule has 0 bridgehead atoms. The van der Waals surface area contributed by atoms with Crippen LogP contribution in [0.5, 0.6) is 5.75 Å². The third-order valence-electron chi connectivity index (χ3n) is 2.23. The van der Waals surface area contributed by atoms with Gasteiger partial charge in [-0.25, -0.2) is 8.78 Å². The van der Waals surface area contributed by atoms with E-state index < -0.39 is 24.0 Å². The van der Waals surface area contributed by atoms with Gasteiger partial charge in [-0.05, 0) is 29.3 Å². The highest BCUT2D eigenvalue weighted by atomic mass is 19.3. The first-order valence-corrected chi connectivity index (χ1v) is 5.24. The smallest absolute Gasteiger partial charge is 0.387 e. The van der Waals surface area contributed by atoms with Crippen LogP contribution >= 0.6 is 0 Å². The molecule has 0 aliphatic heterocycles. The number of hydrogen-bond donors (Lipinski definition) is 0. The van der Waals surface area contributed by atoms with Crippen LogP contribution in [0.1, 0.15) is 11.1 Å². The van der Waals surface area contributed by atoms with Gasteiger partial charge in [-0.2, -0.15) is 8.78 Å². The maximum Gasteiger partial charge on any atom is 0.387 e. The normalized spacial score (nSPS) is 10.8. The molecule has 0 saturated heterocycles. The van der Waals surface area contributed by atoms with E-state index in [2.05, 4.69) is 9.72 Å². The standard InChI is InChI=1S/C13H8F4NO/c14-10-4-9(6-18-7-10)3-8-1-2-11(15)12(5-8)19-13(16)17/h1-7,13H. The van der Waals surface area contributed by atoms with Crippen molar-refractivity contribution in [2.45, 2.75) is 6.61 Å². The summed E-state index contributed by atoms with van der Waals surface area (Å²) < 4.78 is 54.2. The Balaban J connectivity index is 2.21. The van der Waals surface area contributed by atoms with E-state index in [1.54, 1.807) is 0 Å². The van der Waals surface area contributed by atoms with E-state index >= 15 is 0 Å². The lowest BCUT2D eigenvalue weighted by atomic mass is 10.1. The Morgan fingerprint density at radius 2 is 1.84 bits per heavy atom. The molecule has 1 aromatic heterocycles. The summed E-state index contributed by atoms with van der Waals surface area (Å²) in [5.41, 5.74) is 0.819. The molecule has 99 valence electrons. The fourth-order valence-electron chi connectivity index (χ4n) is 1.50. The van der Waals surface area contributed by atoms with E-state index in [-0.39, 0.29) is 0 Å². The molecule has 0 amide bonds. The fraction of sp³-hybridized carbons (Fsp3) is 0.0769. The molecule has 2 nitrogen and oxygen atoms in total. The highest BCUT2D eigenvalue weighted by Crippen LogP contribution is 2.23. The van der Waals surface area contributed by atoms with Gasteiger partial charge in [-0.15, -0.1) is 0 Å². The van der Waals surface area contributed by atoms with Crippen LogP contribution in [-0.2, 0) is 0 Å². The number of alkyl halides is 2. The lowest BCUT2D eigenvalue weighted by Gasteiger charge is -2.08. The van der Waals surface area contributed by atoms with Gasteiger partial charge in [0.2, 0.25) is 0 Å². The SMILES string of the molecule is Fc1cncc([CH]c2ccc(F)c(OC(F)F)c2)c1. The number of benzene rings is 1. The van der Waals surface area contributed by atoms with Crippen LogP contribution in [0.15, 0.2) is 36.7 Å². The molecule has 0 atom stereocenters. The summed E-state index contributed by atoms with van der Waals surface area (Å²) in [6, 6.07) is 4.67. The van der Waals surface area contributed by atoms with Gasteiger partial charge in [0, 0.05) is 12.6 Å². The Morgan fingerprint density at radius 1 is 1.05 bits per heavy atom. The van der Waals surface area contributed by atoms with Crippen molar-refractivity contribution in [2.75, 3.05) is 0 Å². The van der Waals surface area contributed by atoms with Gasteiger partial charge in [0.15, 0.2) is 11.6 Å². The Hall–Kier alpha value is -2.11. The second-order valence-corrected chi connectivity index (χ2v) is 3.65. The number of halogens is 4. The third kappa shape index (κ3) is 3.67. The Labute approximate surface area is 106 Å². The van der Waals surface area contributed by atoms with Gasteiger partial charge >= 0.3 is 6.61 Å². The Bertz CT molecular complexity index is 574. The highest BCUT2D eigenvalue weighted by molar-refractivity contribution is 5.40. The van der Waals surface area contributed by atoms with Crippen LogP contribution < -0.4 is 4.74 Å². The van der Waals surface area contributed by atoms with E-state index in [1.807, 2.05) is 0 Å². The summed E-state index contributed by atoms with van der Waals surface area (Å²) in [5.74, 6) is -1.98. The number of ether oxygens (including phenoxy) is 1. The monoisotopic (exact) mass is 270 g/mol. The molecule has 0 aliphatic carbocycles.